The lowest BCUT2D eigenvalue weighted by Crippen LogP contribution is -1.78. The van der Waals surface area contributed by atoms with Crippen LogP contribution in [0, 0.1) is 11.3 Å². The van der Waals surface area contributed by atoms with Crippen LogP contribution >= 0.6 is 0 Å². The van der Waals surface area contributed by atoms with Crippen molar-refractivity contribution in [3.8, 4) is 6.07 Å². The van der Waals surface area contributed by atoms with E-state index in [2.05, 4.69) is 6.58 Å². The van der Waals surface area contributed by atoms with E-state index in [0.717, 1.165) is 5.56 Å². The number of hydrogen-bond donors (Lipinski definition) is 0. The average molecular weight is 144 g/mol. The Hall–Kier alpha value is -1.55. The number of rotatable bonds is 2. The van der Waals surface area contributed by atoms with Crippen molar-refractivity contribution in [3.05, 3.63) is 42.5 Å². The number of nitrogens with zero attached hydrogens (tertiary/aromatic N) is 1. The highest BCUT2D eigenvalue weighted by atomic mass is 14.2. The Bertz CT molecular complexity index is 310. The van der Waals surface area contributed by atoms with Gasteiger partial charge in [0.2, 0.25) is 0 Å². The van der Waals surface area contributed by atoms with Crippen LogP contribution in [0.3, 0.4) is 0 Å². The van der Waals surface area contributed by atoms with Crippen molar-refractivity contribution >= 4 is 5.57 Å². The van der Waals surface area contributed by atoms with Gasteiger partial charge >= 0.3 is 0 Å². The van der Waals surface area contributed by atoms with E-state index in [1.165, 1.54) is 0 Å². The van der Waals surface area contributed by atoms with Crippen LogP contribution in [0.15, 0.2) is 36.9 Å². The van der Waals surface area contributed by atoms with E-state index in [9.17, 15) is 0 Å². The molecule has 1 aromatic rings. The summed E-state index contributed by atoms with van der Waals surface area (Å²) in [7, 11) is 0. The summed E-state index contributed by atoms with van der Waals surface area (Å²) in [4.78, 5) is 0. The van der Waals surface area contributed by atoms with Crippen molar-refractivity contribution in [2.24, 2.45) is 0 Å². The molecule has 11 heavy (non-hydrogen) atoms. The van der Waals surface area contributed by atoms with Crippen LogP contribution in [0.2, 0.25) is 0 Å². The molecule has 54 valence electrons. The second kappa shape index (κ2) is 3.58. The zero-order valence-corrected chi connectivity index (χ0v) is 6.12. The molecule has 0 aliphatic rings. The third-order valence-corrected chi connectivity index (χ3v) is 1.38. The standard InChI is InChI=1S/C10H9N/c1-9(7-8-11)10-5-3-2-4-6-10/h2-6H,1,7H2/i7D. The summed E-state index contributed by atoms with van der Waals surface area (Å²) in [5.41, 5.74) is 1.41. The van der Waals surface area contributed by atoms with Crippen LogP contribution in [0.1, 0.15) is 13.3 Å². The molecule has 0 aromatic heterocycles. The van der Waals surface area contributed by atoms with Crippen molar-refractivity contribution in [2.45, 2.75) is 6.40 Å². The first-order valence-corrected chi connectivity index (χ1v) is 3.32. The maximum atomic E-state index is 8.47. The molecule has 0 N–H and O–H groups in total. The molecule has 0 aliphatic heterocycles. The Morgan fingerprint density at radius 3 is 2.73 bits per heavy atom. The molecule has 0 aliphatic carbocycles. The monoisotopic (exact) mass is 144 g/mol. The minimum absolute atomic E-state index is 0.554. The topological polar surface area (TPSA) is 23.8 Å². The normalized spacial score (nSPS) is 12.8. The molecule has 1 aromatic carbocycles. The Kier molecular flexibility index (Phi) is 2.01. The maximum Gasteiger partial charge on any atom is 0.0669 e. The lowest BCUT2D eigenvalue weighted by Gasteiger charge is -1.98. The largest absolute Gasteiger partial charge is 0.198 e. The van der Waals surface area contributed by atoms with Gasteiger partial charge in [-0.1, -0.05) is 36.9 Å². The molecule has 0 saturated heterocycles. The van der Waals surface area contributed by atoms with Gasteiger partial charge in [-0.3, -0.25) is 0 Å². The average Bonchev–Trinajstić information content (AvgIpc) is 2.17. The lowest BCUT2D eigenvalue weighted by molar-refractivity contribution is 1.36. The van der Waals surface area contributed by atoms with Gasteiger partial charge in [0, 0.05) is 1.37 Å². The first-order valence-electron chi connectivity index (χ1n) is 3.89. The van der Waals surface area contributed by atoms with Crippen LogP contribution in [-0.2, 0) is 0 Å². The fraction of sp³-hybridized carbons (Fsp3) is 0.100. The van der Waals surface area contributed by atoms with Crippen molar-refractivity contribution in [1.29, 1.82) is 5.26 Å². The summed E-state index contributed by atoms with van der Waals surface area (Å²) in [6.45, 7) is 3.69. The molecule has 0 heterocycles. The SMILES string of the molecule is [2H]C(C#N)C(=C)c1ccccc1. The predicted molar refractivity (Wildman–Crippen MR) is 45.7 cm³/mol. The number of hydrogen-bond acceptors (Lipinski definition) is 1. The van der Waals surface area contributed by atoms with E-state index in [0.29, 0.717) is 5.57 Å². The van der Waals surface area contributed by atoms with Gasteiger partial charge in [-0.05, 0) is 11.1 Å². The van der Waals surface area contributed by atoms with Crippen molar-refractivity contribution in [1.82, 2.24) is 0 Å². The molecule has 0 bridgehead atoms. The van der Waals surface area contributed by atoms with E-state index in [-0.39, 0.29) is 0 Å². The van der Waals surface area contributed by atoms with E-state index in [1.807, 2.05) is 36.4 Å². The third kappa shape index (κ3) is 1.94. The van der Waals surface area contributed by atoms with Gasteiger partial charge in [0.1, 0.15) is 0 Å². The summed E-state index contributed by atoms with van der Waals surface area (Å²) >= 11 is 0. The van der Waals surface area contributed by atoms with Crippen LogP contribution in [0.5, 0.6) is 0 Å². The van der Waals surface area contributed by atoms with Crippen LogP contribution in [0.25, 0.3) is 5.57 Å². The third-order valence-electron chi connectivity index (χ3n) is 1.38. The van der Waals surface area contributed by atoms with Crippen molar-refractivity contribution < 1.29 is 1.37 Å². The summed E-state index contributed by atoms with van der Waals surface area (Å²) < 4.78 is 7.30. The molecule has 0 amide bonds. The summed E-state index contributed by atoms with van der Waals surface area (Å²) in [5.74, 6) is 0. The molecule has 1 unspecified atom stereocenters. The van der Waals surface area contributed by atoms with Crippen LogP contribution in [-0.4, -0.2) is 0 Å². The predicted octanol–water partition coefficient (Wildman–Crippen LogP) is 2.61. The van der Waals surface area contributed by atoms with Crippen LogP contribution < -0.4 is 0 Å². The molecule has 0 saturated carbocycles. The highest BCUT2D eigenvalue weighted by Crippen LogP contribution is 2.13. The number of benzene rings is 1. The zero-order valence-electron chi connectivity index (χ0n) is 7.12. The summed E-state index contributed by atoms with van der Waals surface area (Å²) in [6.07, 6.45) is -0.854. The highest BCUT2D eigenvalue weighted by molar-refractivity contribution is 5.64. The number of nitriles is 1. The maximum absolute atomic E-state index is 8.47. The van der Waals surface area contributed by atoms with Crippen molar-refractivity contribution in [2.75, 3.05) is 0 Å². The zero-order chi connectivity index (χ0) is 8.97. The fourth-order valence-corrected chi connectivity index (χ4v) is 0.813. The van der Waals surface area contributed by atoms with Gasteiger partial charge in [0.05, 0.1) is 12.5 Å². The van der Waals surface area contributed by atoms with Crippen LogP contribution in [0.4, 0.5) is 0 Å². The van der Waals surface area contributed by atoms with Gasteiger partial charge < -0.3 is 0 Å². The Labute approximate surface area is 68.0 Å². The first-order chi connectivity index (χ1) is 5.75. The first kappa shape index (κ1) is 6.18. The Morgan fingerprint density at radius 2 is 2.18 bits per heavy atom. The molecule has 0 fully saturated rings. The molecular weight excluding hydrogens is 134 g/mol. The molecular formula is C10H9N. The summed E-state index contributed by atoms with van der Waals surface area (Å²) in [5, 5.41) is 8.47. The van der Waals surface area contributed by atoms with Gasteiger partial charge in [-0.15, -0.1) is 0 Å². The minimum Gasteiger partial charge on any atom is -0.198 e. The Morgan fingerprint density at radius 1 is 1.55 bits per heavy atom. The lowest BCUT2D eigenvalue weighted by atomic mass is 10.1. The summed E-state index contributed by atoms with van der Waals surface area (Å²) in [6, 6.07) is 11.1. The molecule has 0 radical (unpaired) electrons. The number of allylic oxidation sites excluding steroid dienone is 1. The van der Waals surface area contributed by atoms with Crippen molar-refractivity contribution in [3.63, 3.8) is 0 Å². The van der Waals surface area contributed by atoms with Gasteiger partial charge in [0.15, 0.2) is 0 Å². The van der Waals surface area contributed by atoms with Gasteiger partial charge in [0.25, 0.3) is 0 Å². The molecule has 0 spiro atoms. The molecule has 1 rings (SSSR count). The van der Waals surface area contributed by atoms with E-state index < -0.39 is 6.40 Å². The Balaban J connectivity index is 2.88. The van der Waals surface area contributed by atoms with E-state index >= 15 is 0 Å². The second-order valence-electron chi connectivity index (χ2n) is 2.16. The fourth-order valence-electron chi connectivity index (χ4n) is 0.813. The molecule has 1 heteroatoms. The van der Waals surface area contributed by atoms with E-state index in [1.54, 1.807) is 0 Å². The van der Waals surface area contributed by atoms with E-state index in [4.69, 9.17) is 6.63 Å². The van der Waals surface area contributed by atoms with Gasteiger partial charge in [-0.2, -0.15) is 5.26 Å². The smallest absolute Gasteiger partial charge is 0.0669 e. The highest BCUT2D eigenvalue weighted by Gasteiger charge is 1.94. The van der Waals surface area contributed by atoms with Gasteiger partial charge in [-0.25, -0.2) is 0 Å². The minimum atomic E-state index is -0.854. The molecule has 1 nitrogen and oxygen atoms in total. The second-order valence-corrected chi connectivity index (χ2v) is 2.16. The molecule has 1 atom stereocenters. The quantitative estimate of drug-likeness (QED) is 0.626.